The zero-order chi connectivity index (χ0) is 0. The fourth-order valence-electron chi connectivity index (χ4n) is 0. The topological polar surface area (TPSA) is 0 Å². The van der Waals surface area contributed by atoms with Crippen molar-refractivity contribution in [2.75, 3.05) is 0 Å². The summed E-state index contributed by atoms with van der Waals surface area (Å²) in [6.45, 7) is 0. The molecular formula is AuCd5. The predicted octanol–water partition coefficient (Wildman–Crippen LogP) is -0.0150. The van der Waals surface area contributed by atoms with Crippen molar-refractivity contribution in [2.45, 2.75) is 0 Å². The molecule has 0 nitrogen and oxygen atoms in total. The molecule has 0 aromatic carbocycles. The number of hydrogen-bond donors (Lipinski definition) is 0. The van der Waals surface area contributed by atoms with Crippen LogP contribution >= 0.6 is 0 Å². The molecule has 0 spiro atoms. The second kappa shape index (κ2) is 31.6. The maximum absolute atomic E-state index is 0. The summed E-state index contributed by atoms with van der Waals surface area (Å²) in [5, 5.41) is 0. The molecule has 0 atom stereocenters. The van der Waals surface area contributed by atoms with Crippen LogP contribution in [0, 0.1) is 0 Å². The van der Waals surface area contributed by atoms with Gasteiger partial charge in [-0.05, 0) is 0 Å². The van der Waals surface area contributed by atoms with Crippen LogP contribution in [-0.4, -0.2) is 0 Å². The summed E-state index contributed by atoms with van der Waals surface area (Å²) in [5.74, 6) is 0. The van der Waals surface area contributed by atoms with Crippen molar-refractivity contribution in [1.82, 2.24) is 0 Å². The molecule has 0 aliphatic heterocycles. The molecular weight excluding hydrogens is 759 g/mol. The van der Waals surface area contributed by atoms with E-state index < -0.39 is 0 Å². The van der Waals surface area contributed by atoms with Crippen molar-refractivity contribution in [2.24, 2.45) is 0 Å². The van der Waals surface area contributed by atoms with Gasteiger partial charge in [0.15, 0.2) is 0 Å². The third kappa shape index (κ3) is 22.8. The Morgan fingerprint density at radius 1 is 0.333 bits per heavy atom. The molecule has 0 aliphatic carbocycles. The minimum atomic E-state index is 0. The van der Waals surface area contributed by atoms with Crippen molar-refractivity contribution >= 4 is 0 Å². The van der Waals surface area contributed by atoms with Crippen LogP contribution < -0.4 is 0 Å². The van der Waals surface area contributed by atoms with Crippen LogP contribution in [0.15, 0.2) is 0 Å². The van der Waals surface area contributed by atoms with Gasteiger partial charge in [0.1, 0.15) is 0 Å². The van der Waals surface area contributed by atoms with Gasteiger partial charge in [0.05, 0.1) is 0 Å². The SMILES string of the molecule is [Au].[Cd].[Cd].[Cd].[Cd].[Cd]. The molecule has 0 heterocycles. The van der Waals surface area contributed by atoms with Gasteiger partial charge in [-0.25, -0.2) is 0 Å². The quantitative estimate of drug-likeness (QED) is 0.306. The Morgan fingerprint density at radius 3 is 0.333 bits per heavy atom. The molecule has 6 heteroatoms. The summed E-state index contributed by atoms with van der Waals surface area (Å²) in [7, 11) is 0. The Hall–Kier alpha value is 5.35. The first kappa shape index (κ1) is 42.5. The van der Waals surface area contributed by atoms with Gasteiger partial charge >= 0.3 is 0 Å². The third-order valence-electron chi connectivity index (χ3n) is 0. The summed E-state index contributed by atoms with van der Waals surface area (Å²) in [4.78, 5) is 0. The molecule has 0 bridgehead atoms. The molecule has 0 saturated heterocycles. The largest absolute Gasteiger partial charge is 0 e. The summed E-state index contributed by atoms with van der Waals surface area (Å²) in [6.07, 6.45) is 0. The first-order valence-electron chi connectivity index (χ1n) is 0. The maximum Gasteiger partial charge on any atom is 0 e. The van der Waals surface area contributed by atoms with Gasteiger partial charge in [0.2, 0.25) is 0 Å². The molecule has 0 aromatic rings. The first-order chi connectivity index (χ1) is 0. The second-order valence-electron chi connectivity index (χ2n) is 0. The maximum atomic E-state index is 0. The Bertz CT molecular complexity index is 3.90. The fourth-order valence-corrected chi connectivity index (χ4v) is 0. The molecule has 0 fully saturated rings. The second-order valence-corrected chi connectivity index (χ2v) is 0. The Morgan fingerprint density at radius 2 is 0.333 bits per heavy atom. The van der Waals surface area contributed by atoms with Crippen LogP contribution in [0.3, 0.4) is 0 Å². The minimum Gasteiger partial charge on any atom is 0 e. The zero-order valence-corrected chi connectivity index (χ0v) is 26.2. The molecule has 0 rings (SSSR count). The van der Waals surface area contributed by atoms with Crippen molar-refractivity contribution < 1.29 is 159 Å². The van der Waals surface area contributed by atoms with Gasteiger partial charge in [0.25, 0.3) is 0 Å². The van der Waals surface area contributed by atoms with Gasteiger partial charge in [0, 0.05) is 159 Å². The van der Waals surface area contributed by atoms with E-state index in [9.17, 15) is 0 Å². The molecule has 0 aliphatic rings. The normalized spacial score (nSPS) is 0. The Kier molecular flexibility index (Phi) is 224. The van der Waals surface area contributed by atoms with E-state index in [-0.39, 0.29) is 159 Å². The van der Waals surface area contributed by atoms with E-state index in [2.05, 4.69) is 0 Å². The van der Waals surface area contributed by atoms with Crippen molar-refractivity contribution in [3.05, 3.63) is 0 Å². The molecule has 0 unspecified atom stereocenters. The monoisotopic (exact) mass is 766 g/mol. The van der Waals surface area contributed by atoms with Gasteiger partial charge in [-0.15, -0.1) is 0 Å². The van der Waals surface area contributed by atoms with Crippen molar-refractivity contribution in [3.63, 3.8) is 0 Å². The van der Waals surface area contributed by atoms with E-state index in [1.54, 1.807) is 0 Å². The Balaban J connectivity index is 0. The van der Waals surface area contributed by atoms with Crippen molar-refractivity contribution in [1.29, 1.82) is 0 Å². The van der Waals surface area contributed by atoms with E-state index >= 15 is 0 Å². The average Bonchev–Trinajstić information content (AvgIpc) is 0. The molecule has 0 saturated carbocycles. The van der Waals surface area contributed by atoms with Crippen LogP contribution in [0.25, 0.3) is 0 Å². The van der Waals surface area contributed by atoms with Crippen LogP contribution in [0.5, 0.6) is 0 Å². The molecule has 0 amide bonds. The van der Waals surface area contributed by atoms with Crippen LogP contribution in [-0.2, 0) is 159 Å². The first-order valence-corrected chi connectivity index (χ1v) is 0. The van der Waals surface area contributed by atoms with Gasteiger partial charge in [-0.3, -0.25) is 0 Å². The average molecular weight is 759 g/mol. The fraction of sp³-hybridized carbons (Fsp3) is 0. The van der Waals surface area contributed by atoms with E-state index in [1.165, 1.54) is 0 Å². The smallest absolute Gasteiger partial charge is 0 e. The van der Waals surface area contributed by atoms with E-state index in [0.29, 0.717) is 0 Å². The molecule has 0 N–H and O–H groups in total. The van der Waals surface area contributed by atoms with E-state index in [0.717, 1.165) is 0 Å². The zero-order valence-electron chi connectivity index (χ0n) is 3.84. The molecule has 6 heavy (non-hydrogen) atoms. The molecule has 21 valence electrons. The third-order valence-corrected chi connectivity index (χ3v) is 0. The van der Waals surface area contributed by atoms with Gasteiger partial charge in [-0.1, -0.05) is 0 Å². The van der Waals surface area contributed by atoms with Gasteiger partial charge < -0.3 is 0 Å². The van der Waals surface area contributed by atoms with E-state index in [1.807, 2.05) is 0 Å². The summed E-state index contributed by atoms with van der Waals surface area (Å²) < 4.78 is 0. The summed E-state index contributed by atoms with van der Waals surface area (Å²) in [5.41, 5.74) is 0. The summed E-state index contributed by atoms with van der Waals surface area (Å²) >= 11 is 0. The standard InChI is InChI=1S/Au.5Cd. The minimum absolute atomic E-state index is 0. The molecule has 0 aromatic heterocycles. The van der Waals surface area contributed by atoms with E-state index in [4.69, 9.17) is 0 Å². The number of rotatable bonds is 0. The Labute approximate surface area is 154 Å². The summed E-state index contributed by atoms with van der Waals surface area (Å²) in [6, 6.07) is 0. The van der Waals surface area contributed by atoms with Crippen molar-refractivity contribution in [3.8, 4) is 0 Å². The van der Waals surface area contributed by atoms with Crippen LogP contribution in [0.2, 0.25) is 0 Å². The predicted molar refractivity (Wildman–Crippen MR) is 0 cm³/mol. The van der Waals surface area contributed by atoms with Crippen LogP contribution in [0.1, 0.15) is 0 Å². The van der Waals surface area contributed by atoms with Gasteiger partial charge in [-0.2, -0.15) is 0 Å². The molecule has 1 radical (unpaired) electrons. The number of hydrogen-bond acceptors (Lipinski definition) is 0. The van der Waals surface area contributed by atoms with Crippen LogP contribution in [0.4, 0.5) is 0 Å².